The first-order valence-corrected chi connectivity index (χ1v) is 11.8. The lowest BCUT2D eigenvalue weighted by Gasteiger charge is -2.28. The lowest BCUT2D eigenvalue weighted by molar-refractivity contribution is -0.114. The Balaban J connectivity index is 1.35. The van der Waals surface area contributed by atoms with Crippen molar-refractivity contribution in [1.82, 2.24) is 0 Å². The minimum absolute atomic E-state index is 0.199. The first kappa shape index (κ1) is 23.3. The topological polar surface area (TPSA) is 99.8 Å². The number of hydrogen-bond acceptors (Lipinski definition) is 6. The van der Waals surface area contributed by atoms with E-state index in [-0.39, 0.29) is 17.6 Å². The molecular weight excluding hydrogens is 456 g/mol. The average Bonchev–Trinajstić information content (AvgIpc) is 3.21. The molecule has 8 nitrogen and oxygen atoms in total. The molecule has 2 aliphatic heterocycles. The minimum atomic E-state index is -0.236. The van der Waals surface area contributed by atoms with E-state index in [4.69, 9.17) is 4.74 Å². The van der Waals surface area contributed by atoms with Crippen LogP contribution in [0.1, 0.15) is 28.4 Å². The van der Waals surface area contributed by atoms with E-state index in [0.717, 1.165) is 37.7 Å². The van der Waals surface area contributed by atoms with E-state index < -0.39 is 0 Å². The molecule has 0 aromatic heterocycles. The molecule has 5 rings (SSSR count). The molecule has 0 aliphatic carbocycles. The molecule has 1 saturated heterocycles. The second-order valence-electron chi connectivity index (χ2n) is 8.65. The van der Waals surface area contributed by atoms with E-state index in [0.29, 0.717) is 33.6 Å². The number of benzene rings is 3. The molecule has 1 fully saturated rings. The zero-order chi connectivity index (χ0) is 25.1. The molecule has 0 unspecified atom stereocenters. The molecule has 3 aromatic carbocycles. The van der Waals surface area contributed by atoms with Crippen molar-refractivity contribution in [2.45, 2.75) is 6.92 Å². The van der Waals surface area contributed by atoms with Crippen molar-refractivity contribution in [3.05, 3.63) is 89.6 Å². The first-order valence-electron chi connectivity index (χ1n) is 11.8. The number of nitrogens with zero attached hydrogens (tertiary/aromatic N) is 1. The molecule has 36 heavy (non-hydrogen) atoms. The van der Waals surface area contributed by atoms with Gasteiger partial charge in [-0.3, -0.25) is 14.4 Å². The summed E-state index contributed by atoms with van der Waals surface area (Å²) in [5.74, 6) is -0.644. The van der Waals surface area contributed by atoms with Crippen LogP contribution in [-0.4, -0.2) is 43.9 Å². The van der Waals surface area contributed by atoms with E-state index >= 15 is 0 Å². The quantitative estimate of drug-likeness (QED) is 0.361. The Labute approximate surface area is 209 Å². The highest BCUT2D eigenvalue weighted by Crippen LogP contribution is 2.33. The maximum atomic E-state index is 13.1. The van der Waals surface area contributed by atoms with Gasteiger partial charge in [-0.2, -0.15) is 0 Å². The van der Waals surface area contributed by atoms with Crippen LogP contribution in [0.25, 0.3) is 5.57 Å². The van der Waals surface area contributed by atoms with Crippen LogP contribution in [0.2, 0.25) is 0 Å². The zero-order valence-electron chi connectivity index (χ0n) is 19.8. The third-order valence-electron chi connectivity index (χ3n) is 6.14. The van der Waals surface area contributed by atoms with Crippen molar-refractivity contribution in [1.29, 1.82) is 0 Å². The fourth-order valence-corrected chi connectivity index (χ4v) is 4.33. The lowest BCUT2D eigenvalue weighted by atomic mass is 9.98. The summed E-state index contributed by atoms with van der Waals surface area (Å²) in [7, 11) is 0. The number of morpholine rings is 1. The molecule has 2 aliphatic rings. The fraction of sp³-hybridized carbons (Fsp3) is 0.179. The van der Waals surface area contributed by atoms with Crippen LogP contribution in [0.5, 0.6) is 0 Å². The van der Waals surface area contributed by atoms with Crippen LogP contribution in [0, 0.1) is 0 Å². The largest absolute Gasteiger partial charge is 0.378 e. The van der Waals surface area contributed by atoms with E-state index in [1.807, 2.05) is 24.3 Å². The third-order valence-corrected chi connectivity index (χ3v) is 6.14. The molecule has 3 aromatic rings. The number of anilines is 4. The average molecular weight is 483 g/mol. The summed E-state index contributed by atoms with van der Waals surface area (Å²) in [6, 6.07) is 19.9. The predicted molar refractivity (Wildman–Crippen MR) is 140 cm³/mol. The van der Waals surface area contributed by atoms with Crippen molar-refractivity contribution in [3.63, 3.8) is 0 Å². The summed E-state index contributed by atoms with van der Waals surface area (Å²) in [5, 5.41) is 8.74. The molecule has 0 saturated carbocycles. The molecule has 3 N–H and O–H groups in total. The van der Waals surface area contributed by atoms with Crippen LogP contribution in [0.15, 0.2) is 72.9 Å². The highest BCUT2D eigenvalue weighted by Gasteiger charge is 2.25. The highest BCUT2D eigenvalue weighted by molar-refractivity contribution is 6.32. The van der Waals surface area contributed by atoms with Gasteiger partial charge in [0.2, 0.25) is 5.91 Å². The van der Waals surface area contributed by atoms with Gasteiger partial charge in [-0.25, -0.2) is 0 Å². The summed E-state index contributed by atoms with van der Waals surface area (Å²) in [6.07, 6.45) is 1.66. The Morgan fingerprint density at radius 2 is 1.69 bits per heavy atom. The molecule has 8 heteroatoms. The van der Waals surface area contributed by atoms with Crippen molar-refractivity contribution in [2.24, 2.45) is 0 Å². The number of amides is 2. The Morgan fingerprint density at radius 3 is 2.44 bits per heavy atom. The zero-order valence-corrected chi connectivity index (χ0v) is 19.8. The van der Waals surface area contributed by atoms with Gasteiger partial charge in [0.1, 0.15) is 0 Å². The van der Waals surface area contributed by atoms with Crippen LogP contribution in [-0.2, 0) is 14.3 Å². The standard InChI is InChI=1S/C28H26N4O4/c1-18(33)30-22-4-2-3-19(15-22)27(34)20-5-10-26-24(16-20)25(28(35)31-26)17-29-21-6-8-23(9-7-21)32-11-13-36-14-12-32/h2-10,15-17,29H,11-14H2,1H3,(H,30,33)(H,31,35). The molecule has 0 radical (unpaired) electrons. The van der Waals surface area contributed by atoms with E-state index in [2.05, 4.69) is 20.9 Å². The number of carbonyl (C=O) groups is 3. The van der Waals surface area contributed by atoms with Gasteiger partial charge < -0.3 is 25.6 Å². The van der Waals surface area contributed by atoms with Crippen LogP contribution >= 0.6 is 0 Å². The van der Waals surface area contributed by atoms with Gasteiger partial charge in [0.15, 0.2) is 5.78 Å². The maximum absolute atomic E-state index is 13.1. The summed E-state index contributed by atoms with van der Waals surface area (Å²) >= 11 is 0. The van der Waals surface area contributed by atoms with E-state index in [1.165, 1.54) is 6.92 Å². The van der Waals surface area contributed by atoms with E-state index in [1.54, 1.807) is 48.7 Å². The van der Waals surface area contributed by atoms with Gasteiger partial charge in [0, 0.05) is 65.7 Å². The number of ketones is 1. The predicted octanol–water partition coefficient (Wildman–Crippen LogP) is 4.12. The Bertz CT molecular complexity index is 1360. The Morgan fingerprint density at radius 1 is 0.944 bits per heavy atom. The molecule has 182 valence electrons. The van der Waals surface area contributed by atoms with Gasteiger partial charge in [-0.15, -0.1) is 0 Å². The number of fused-ring (bicyclic) bond motifs is 1. The number of ether oxygens (including phenoxy) is 1. The summed E-state index contributed by atoms with van der Waals surface area (Å²) in [6.45, 7) is 4.61. The van der Waals surface area contributed by atoms with Crippen molar-refractivity contribution in [3.8, 4) is 0 Å². The van der Waals surface area contributed by atoms with Gasteiger partial charge in [0.25, 0.3) is 5.91 Å². The smallest absolute Gasteiger partial charge is 0.257 e. The molecule has 0 spiro atoms. The van der Waals surface area contributed by atoms with Crippen LogP contribution in [0.4, 0.5) is 22.7 Å². The Hall–Kier alpha value is -4.43. The third kappa shape index (κ3) is 4.99. The minimum Gasteiger partial charge on any atom is -0.378 e. The monoisotopic (exact) mass is 482 g/mol. The second-order valence-corrected chi connectivity index (χ2v) is 8.65. The number of rotatable bonds is 6. The summed E-state index contributed by atoms with van der Waals surface area (Å²) in [5.41, 5.74) is 5.18. The molecular formula is C28H26N4O4. The highest BCUT2D eigenvalue weighted by atomic mass is 16.5. The summed E-state index contributed by atoms with van der Waals surface area (Å²) < 4.78 is 5.41. The molecule has 2 heterocycles. The van der Waals surface area contributed by atoms with Gasteiger partial charge in [0.05, 0.1) is 18.8 Å². The normalized spacial score (nSPS) is 15.9. The van der Waals surface area contributed by atoms with Crippen LogP contribution < -0.4 is 20.9 Å². The Kier molecular flexibility index (Phi) is 6.51. The maximum Gasteiger partial charge on any atom is 0.257 e. The van der Waals surface area contributed by atoms with Gasteiger partial charge in [-0.1, -0.05) is 12.1 Å². The molecule has 0 bridgehead atoms. The van der Waals surface area contributed by atoms with Gasteiger partial charge >= 0.3 is 0 Å². The number of carbonyl (C=O) groups excluding carboxylic acids is 3. The molecule has 0 atom stereocenters. The fourth-order valence-electron chi connectivity index (χ4n) is 4.33. The SMILES string of the molecule is CC(=O)Nc1cccc(C(=O)c2ccc3c(c2)C(=CNc2ccc(N4CCOCC4)cc2)C(=O)N3)c1. The van der Waals surface area contributed by atoms with E-state index in [9.17, 15) is 14.4 Å². The first-order chi connectivity index (χ1) is 17.5. The lowest BCUT2D eigenvalue weighted by Crippen LogP contribution is -2.36. The van der Waals surface area contributed by atoms with Crippen molar-refractivity contribution < 1.29 is 19.1 Å². The van der Waals surface area contributed by atoms with Crippen molar-refractivity contribution >= 4 is 45.9 Å². The van der Waals surface area contributed by atoms with Crippen molar-refractivity contribution in [2.75, 3.05) is 47.2 Å². The van der Waals surface area contributed by atoms with Crippen LogP contribution in [0.3, 0.4) is 0 Å². The molecule has 2 amide bonds. The second kappa shape index (κ2) is 10.1. The summed E-state index contributed by atoms with van der Waals surface area (Å²) in [4.78, 5) is 39.4. The van der Waals surface area contributed by atoms with Gasteiger partial charge in [-0.05, 0) is 54.6 Å². The number of nitrogens with one attached hydrogen (secondary N) is 3. The number of hydrogen-bond donors (Lipinski definition) is 3.